The van der Waals surface area contributed by atoms with Crippen molar-refractivity contribution in [2.75, 3.05) is 19.7 Å². The number of carbonyl (C=O) groups excluding carboxylic acids is 1. The number of rotatable bonds is 4. The van der Waals surface area contributed by atoms with Crippen LogP contribution in [0.5, 0.6) is 0 Å². The fraction of sp³-hybridized carbons (Fsp3) is 0.875. The number of carbonyl (C=O) groups is 1. The van der Waals surface area contributed by atoms with Gasteiger partial charge in [0.05, 0.1) is 6.19 Å². The van der Waals surface area contributed by atoms with Gasteiger partial charge in [-0.15, -0.1) is 0 Å². The third kappa shape index (κ3) is 2.95. The number of aliphatic hydroxyl groups excluding tert-OH is 1. The summed E-state index contributed by atoms with van der Waals surface area (Å²) in [5, 5.41) is 8.71. The predicted octanol–water partition coefficient (Wildman–Crippen LogP) is -0.110. The summed E-state index contributed by atoms with van der Waals surface area (Å²) >= 11 is 0. The lowest BCUT2D eigenvalue weighted by Gasteiger charge is -2.30. The molecule has 0 aliphatic carbocycles. The minimum atomic E-state index is 0.294. The molecule has 1 radical (unpaired) electrons. The van der Waals surface area contributed by atoms with Crippen LogP contribution in [0.25, 0.3) is 0 Å². The summed E-state index contributed by atoms with van der Waals surface area (Å²) in [5.41, 5.74) is 0. The van der Waals surface area contributed by atoms with E-state index in [1.165, 1.54) is 0 Å². The van der Waals surface area contributed by atoms with Gasteiger partial charge in [-0.1, -0.05) is 0 Å². The maximum Gasteiger partial charge on any atom is 0.293 e. The van der Waals surface area contributed by atoms with Crippen molar-refractivity contribution >= 4 is 13.6 Å². The largest absolute Gasteiger partial charge is 0.396 e. The van der Waals surface area contributed by atoms with E-state index in [2.05, 4.69) is 0 Å². The average molecular weight is 168 g/mol. The van der Waals surface area contributed by atoms with E-state index in [0.29, 0.717) is 12.5 Å². The number of hydrogen-bond donors (Lipinski definition) is 1. The number of nitrogens with zero attached hydrogens (tertiary/aromatic N) is 1. The van der Waals surface area contributed by atoms with E-state index in [-0.39, 0.29) is 0 Å². The van der Waals surface area contributed by atoms with Gasteiger partial charge in [-0.05, 0) is 38.3 Å². The summed E-state index contributed by atoms with van der Waals surface area (Å²) in [6, 6.07) is 0. The normalized spacial score (nSPS) is 20.8. The van der Waals surface area contributed by atoms with E-state index in [1.54, 1.807) is 7.41 Å². The highest BCUT2D eigenvalue weighted by molar-refractivity contribution is 6.64. The van der Waals surface area contributed by atoms with Crippen LogP contribution in [0.3, 0.4) is 0 Å². The van der Waals surface area contributed by atoms with E-state index < -0.39 is 0 Å². The smallest absolute Gasteiger partial charge is 0.293 e. The van der Waals surface area contributed by atoms with Gasteiger partial charge in [-0.25, -0.2) is 0 Å². The Labute approximate surface area is 74.0 Å². The Morgan fingerprint density at radius 2 is 2.17 bits per heavy atom. The van der Waals surface area contributed by atoms with Gasteiger partial charge in [0, 0.05) is 6.61 Å². The Morgan fingerprint density at radius 1 is 1.50 bits per heavy atom. The molecule has 0 aromatic heterocycles. The van der Waals surface area contributed by atoms with Gasteiger partial charge in [0.25, 0.3) is 7.41 Å². The molecule has 1 rings (SSSR count). The molecule has 0 atom stereocenters. The van der Waals surface area contributed by atoms with E-state index in [9.17, 15) is 4.79 Å². The molecule has 1 fully saturated rings. The fourth-order valence-electron chi connectivity index (χ4n) is 1.66. The van der Waals surface area contributed by atoms with Gasteiger partial charge in [-0.3, -0.25) is 0 Å². The van der Waals surface area contributed by atoms with Crippen molar-refractivity contribution < 1.29 is 9.90 Å². The highest BCUT2D eigenvalue weighted by Crippen LogP contribution is 2.18. The van der Waals surface area contributed by atoms with Crippen molar-refractivity contribution in [3.05, 3.63) is 0 Å². The minimum absolute atomic E-state index is 0.294. The first-order valence-electron chi connectivity index (χ1n) is 4.50. The molecule has 0 spiro atoms. The lowest BCUT2D eigenvalue weighted by molar-refractivity contribution is 0.209. The molecule has 1 saturated heterocycles. The third-order valence-electron chi connectivity index (χ3n) is 2.46. The number of piperidine rings is 1. The van der Waals surface area contributed by atoms with Crippen molar-refractivity contribution in [2.24, 2.45) is 5.92 Å². The van der Waals surface area contributed by atoms with Crippen LogP contribution in [0.1, 0.15) is 19.3 Å². The molecular weight excluding hydrogens is 153 g/mol. The lowest BCUT2D eigenvalue weighted by Crippen LogP contribution is -2.37. The molecule has 0 aromatic rings. The van der Waals surface area contributed by atoms with Crippen molar-refractivity contribution in [1.82, 2.24) is 4.81 Å². The SMILES string of the molecule is O=C[B]N1CCC(CCO)CC1. The first-order chi connectivity index (χ1) is 5.86. The zero-order valence-electron chi connectivity index (χ0n) is 7.28. The van der Waals surface area contributed by atoms with Crippen molar-refractivity contribution in [1.29, 1.82) is 0 Å². The van der Waals surface area contributed by atoms with Gasteiger partial charge < -0.3 is 14.7 Å². The summed E-state index contributed by atoms with van der Waals surface area (Å²) in [6.07, 6.45) is 3.96. The monoisotopic (exact) mass is 168 g/mol. The molecule has 67 valence electrons. The van der Waals surface area contributed by atoms with E-state index in [0.717, 1.165) is 38.5 Å². The van der Waals surface area contributed by atoms with Crippen molar-refractivity contribution in [3.63, 3.8) is 0 Å². The molecule has 0 saturated carbocycles. The molecule has 0 bridgehead atoms. The second kappa shape index (κ2) is 5.33. The maximum atomic E-state index is 10.1. The molecule has 1 N–H and O–H groups in total. The Morgan fingerprint density at radius 3 is 2.67 bits per heavy atom. The third-order valence-corrected chi connectivity index (χ3v) is 2.46. The summed E-state index contributed by atoms with van der Waals surface area (Å²) in [7, 11) is 1.61. The Hall–Kier alpha value is -0.345. The molecule has 0 amide bonds. The maximum absolute atomic E-state index is 10.1. The summed E-state index contributed by atoms with van der Waals surface area (Å²) in [6.45, 7) is 2.22. The minimum Gasteiger partial charge on any atom is -0.396 e. The average Bonchev–Trinajstić information content (AvgIpc) is 2.09. The summed E-state index contributed by atoms with van der Waals surface area (Å²) < 4.78 is 0. The van der Waals surface area contributed by atoms with Crippen LogP contribution in [0, 0.1) is 5.92 Å². The predicted molar refractivity (Wildman–Crippen MR) is 48.5 cm³/mol. The van der Waals surface area contributed by atoms with Crippen LogP contribution < -0.4 is 0 Å². The van der Waals surface area contributed by atoms with Gasteiger partial charge in [0.15, 0.2) is 0 Å². The molecule has 3 nitrogen and oxygen atoms in total. The van der Waals surface area contributed by atoms with Crippen LogP contribution >= 0.6 is 0 Å². The fourth-order valence-corrected chi connectivity index (χ4v) is 1.66. The van der Waals surface area contributed by atoms with Gasteiger partial charge in [0.2, 0.25) is 0 Å². The molecule has 4 heteroatoms. The lowest BCUT2D eigenvalue weighted by atomic mass is 9.86. The quantitative estimate of drug-likeness (QED) is 0.470. The van der Waals surface area contributed by atoms with Gasteiger partial charge in [-0.2, -0.15) is 0 Å². The van der Waals surface area contributed by atoms with E-state index >= 15 is 0 Å². The van der Waals surface area contributed by atoms with Gasteiger partial charge >= 0.3 is 0 Å². The molecule has 12 heavy (non-hydrogen) atoms. The Kier molecular flexibility index (Phi) is 4.32. The first kappa shape index (κ1) is 9.74. The molecule has 1 aliphatic rings. The van der Waals surface area contributed by atoms with Crippen molar-refractivity contribution in [3.8, 4) is 0 Å². The van der Waals surface area contributed by atoms with Crippen LogP contribution in [0.15, 0.2) is 0 Å². The van der Waals surface area contributed by atoms with E-state index in [1.807, 2.05) is 4.81 Å². The van der Waals surface area contributed by atoms with E-state index in [4.69, 9.17) is 5.11 Å². The summed E-state index contributed by atoms with van der Waals surface area (Å²) in [5.74, 6) is 0.659. The van der Waals surface area contributed by atoms with Gasteiger partial charge in [0.1, 0.15) is 0 Å². The molecular formula is C8H15BNO2. The zero-order chi connectivity index (χ0) is 8.81. The second-order valence-corrected chi connectivity index (χ2v) is 3.28. The Bertz CT molecular complexity index is 135. The molecule has 1 heterocycles. The van der Waals surface area contributed by atoms with Crippen LogP contribution in [0.4, 0.5) is 0 Å². The molecule has 0 aromatic carbocycles. The molecule has 0 unspecified atom stereocenters. The van der Waals surface area contributed by atoms with Crippen LogP contribution in [0.2, 0.25) is 0 Å². The topological polar surface area (TPSA) is 40.5 Å². The second-order valence-electron chi connectivity index (χ2n) is 3.28. The summed E-state index contributed by atoms with van der Waals surface area (Å²) in [4.78, 5) is 12.2. The van der Waals surface area contributed by atoms with Crippen LogP contribution in [-0.4, -0.2) is 43.2 Å². The zero-order valence-corrected chi connectivity index (χ0v) is 7.28. The Balaban J connectivity index is 2.15. The number of hydrogen-bond acceptors (Lipinski definition) is 3. The number of aliphatic hydroxyl groups is 1. The highest BCUT2D eigenvalue weighted by atomic mass is 16.3. The first-order valence-corrected chi connectivity index (χ1v) is 4.50. The van der Waals surface area contributed by atoms with Crippen molar-refractivity contribution in [2.45, 2.75) is 19.3 Å². The standard InChI is InChI=1S/C8H15BNO2/c11-6-3-8-1-4-10(5-2-8)9-7-12/h7-8,11H,1-6H2. The highest BCUT2D eigenvalue weighted by Gasteiger charge is 2.18. The van der Waals surface area contributed by atoms with Crippen LogP contribution in [-0.2, 0) is 4.79 Å². The molecule has 1 aliphatic heterocycles.